The molecule has 0 aliphatic rings. The second-order valence-electron chi connectivity index (χ2n) is 4.77. The highest BCUT2D eigenvalue weighted by Gasteiger charge is 2.09. The van der Waals surface area contributed by atoms with Crippen LogP contribution in [-0.2, 0) is 13.0 Å². The predicted molar refractivity (Wildman–Crippen MR) is 79.4 cm³/mol. The summed E-state index contributed by atoms with van der Waals surface area (Å²) in [5, 5.41) is 8.84. The summed E-state index contributed by atoms with van der Waals surface area (Å²) in [5.41, 5.74) is 4.08. The zero-order chi connectivity index (χ0) is 13.9. The number of rotatable bonds is 3. The van der Waals surface area contributed by atoms with Gasteiger partial charge in [0.1, 0.15) is 5.82 Å². The number of benzene rings is 2. The van der Waals surface area contributed by atoms with Crippen LogP contribution >= 0.6 is 0 Å². The molecule has 0 aliphatic heterocycles. The van der Waals surface area contributed by atoms with Gasteiger partial charge >= 0.3 is 0 Å². The van der Waals surface area contributed by atoms with Crippen LogP contribution in [0.25, 0.3) is 11.0 Å². The monoisotopic (exact) mass is 261 g/mol. The molecule has 0 fully saturated rings. The van der Waals surface area contributed by atoms with Crippen LogP contribution in [0.1, 0.15) is 23.9 Å². The molecular formula is C17H15N3. The van der Waals surface area contributed by atoms with Crippen molar-refractivity contribution in [1.29, 1.82) is 5.26 Å². The lowest BCUT2D eigenvalue weighted by atomic mass is 10.1. The summed E-state index contributed by atoms with van der Waals surface area (Å²) in [6, 6.07) is 18.1. The van der Waals surface area contributed by atoms with Gasteiger partial charge in [-0.05, 0) is 29.8 Å². The summed E-state index contributed by atoms with van der Waals surface area (Å²) in [4.78, 5) is 4.67. The van der Waals surface area contributed by atoms with Crippen LogP contribution in [0.4, 0.5) is 0 Å². The largest absolute Gasteiger partial charge is 0.323 e. The van der Waals surface area contributed by atoms with Crippen LogP contribution in [-0.4, -0.2) is 9.55 Å². The first kappa shape index (κ1) is 12.4. The Morgan fingerprint density at radius 2 is 1.85 bits per heavy atom. The number of nitrogens with zero attached hydrogens (tertiary/aromatic N) is 3. The van der Waals surface area contributed by atoms with E-state index in [0.717, 1.165) is 29.8 Å². The van der Waals surface area contributed by atoms with E-state index in [4.69, 9.17) is 5.26 Å². The maximum absolute atomic E-state index is 8.84. The van der Waals surface area contributed by atoms with E-state index >= 15 is 0 Å². The number of fused-ring (bicyclic) bond motifs is 1. The van der Waals surface area contributed by atoms with Gasteiger partial charge in [0.2, 0.25) is 0 Å². The maximum Gasteiger partial charge on any atom is 0.109 e. The fourth-order valence-electron chi connectivity index (χ4n) is 2.44. The predicted octanol–water partition coefficient (Wildman–Crippen LogP) is 3.52. The number of para-hydroxylation sites is 2. The molecule has 3 nitrogen and oxygen atoms in total. The van der Waals surface area contributed by atoms with E-state index in [2.05, 4.69) is 28.6 Å². The third-order valence-corrected chi connectivity index (χ3v) is 3.47. The molecule has 0 N–H and O–H groups in total. The van der Waals surface area contributed by atoms with E-state index in [1.165, 1.54) is 5.56 Å². The number of hydrogen-bond acceptors (Lipinski definition) is 2. The highest BCUT2D eigenvalue weighted by molar-refractivity contribution is 5.76. The van der Waals surface area contributed by atoms with Crippen LogP contribution in [0.5, 0.6) is 0 Å². The summed E-state index contributed by atoms with van der Waals surface area (Å²) in [7, 11) is 0. The van der Waals surface area contributed by atoms with Crippen LogP contribution in [0.3, 0.4) is 0 Å². The lowest BCUT2D eigenvalue weighted by Crippen LogP contribution is -2.04. The van der Waals surface area contributed by atoms with Crippen molar-refractivity contribution in [3.8, 4) is 6.07 Å². The molecule has 98 valence electrons. The molecule has 3 rings (SSSR count). The average Bonchev–Trinajstić information content (AvgIpc) is 2.86. The first-order valence-electron chi connectivity index (χ1n) is 6.75. The molecule has 3 aromatic rings. The summed E-state index contributed by atoms with van der Waals surface area (Å²) >= 11 is 0. The second-order valence-corrected chi connectivity index (χ2v) is 4.77. The van der Waals surface area contributed by atoms with Gasteiger partial charge in [-0.15, -0.1) is 0 Å². The summed E-state index contributed by atoms with van der Waals surface area (Å²) in [6.07, 6.45) is 0.908. The van der Waals surface area contributed by atoms with Crippen molar-refractivity contribution in [3.63, 3.8) is 0 Å². The molecule has 0 bridgehead atoms. The Morgan fingerprint density at radius 1 is 1.10 bits per heavy atom. The van der Waals surface area contributed by atoms with Gasteiger partial charge in [0.05, 0.1) is 22.7 Å². The number of hydrogen-bond donors (Lipinski definition) is 0. The standard InChI is InChI=1S/C17H15N3/c1-2-17-19-15-5-3-4-6-16(15)20(17)12-14-9-7-13(11-18)8-10-14/h3-10H,2,12H2,1H3. The molecule has 0 atom stereocenters. The van der Waals surface area contributed by atoms with Crippen molar-refractivity contribution in [3.05, 3.63) is 65.5 Å². The van der Waals surface area contributed by atoms with Gasteiger partial charge < -0.3 is 4.57 Å². The van der Waals surface area contributed by atoms with Gasteiger partial charge in [-0.2, -0.15) is 5.26 Å². The molecule has 0 aliphatic carbocycles. The fourth-order valence-corrected chi connectivity index (χ4v) is 2.44. The van der Waals surface area contributed by atoms with Gasteiger partial charge in [-0.25, -0.2) is 4.98 Å². The van der Waals surface area contributed by atoms with E-state index in [0.29, 0.717) is 5.56 Å². The molecule has 2 aromatic carbocycles. The normalized spacial score (nSPS) is 10.6. The molecule has 3 heteroatoms. The van der Waals surface area contributed by atoms with Crippen molar-refractivity contribution in [2.45, 2.75) is 19.9 Å². The Kier molecular flexibility index (Phi) is 3.22. The minimum absolute atomic E-state index is 0.694. The van der Waals surface area contributed by atoms with E-state index < -0.39 is 0 Å². The van der Waals surface area contributed by atoms with Crippen LogP contribution in [0.15, 0.2) is 48.5 Å². The van der Waals surface area contributed by atoms with E-state index in [9.17, 15) is 0 Å². The SMILES string of the molecule is CCc1nc2ccccc2n1Cc1ccc(C#N)cc1. The van der Waals surface area contributed by atoms with Crippen LogP contribution < -0.4 is 0 Å². The van der Waals surface area contributed by atoms with Crippen molar-refractivity contribution < 1.29 is 0 Å². The van der Waals surface area contributed by atoms with Gasteiger partial charge in [0.15, 0.2) is 0 Å². The minimum Gasteiger partial charge on any atom is -0.323 e. The first-order chi connectivity index (χ1) is 9.81. The Morgan fingerprint density at radius 3 is 2.55 bits per heavy atom. The Labute approximate surface area is 118 Å². The zero-order valence-corrected chi connectivity index (χ0v) is 11.4. The molecule has 1 heterocycles. The summed E-state index contributed by atoms with van der Waals surface area (Å²) in [6.45, 7) is 2.91. The Hall–Kier alpha value is -2.60. The quantitative estimate of drug-likeness (QED) is 0.724. The third-order valence-electron chi connectivity index (χ3n) is 3.47. The van der Waals surface area contributed by atoms with Crippen LogP contribution in [0, 0.1) is 11.3 Å². The molecular weight excluding hydrogens is 246 g/mol. The van der Waals surface area contributed by atoms with E-state index in [1.807, 2.05) is 42.5 Å². The Bertz CT molecular complexity index is 776. The van der Waals surface area contributed by atoms with Gasteiger partial charge in [-0.3, -0.25) is 0 Å². The van der Waals surface area contributed by atoms with E-state index in [-0.39, 0.29) is 0 Å². The molecule has 1 aromatic heterocycles. The maximum atomic E-state index is 8.84. The molecule has 0 saturated carbocycles. The molecule has 0 spiro atoms. The second kappa shape index (κ2) is 5.18. The fraction of sp³-hybridized carbons (Fsp3) is 0.176. The molecule has 0 unspecified atom stereocenters. The third kappa shape index (κ3) is 2.17. The topological polar surface area (TPSA) is 41.6 Å². The molecule has 20 heavy (non-hydrogen) atoms. The smallest absolute Gasteiger partial charge is 0.109 e. The number of aryl methyl sites for hydroxylation is 1. The lowest BCUT2D eigenvalue weighted by molar-refractivity contribution is 0.753. The van der Waals surface area contributed by atoms with Gasteiger partial charge in [-0.1, -0.05) is 31.2 Å². The number of nitriles is 1. The lowest BCUT2D eigenvalue weighted by Gasteiger charge is -2.08. The van der Waals surface area contributed by atoms with Crippen LogP contribution in [0.2, 0.25) is 0 Å². The van der Waals surface area contributed by atoms with Crippen molar-refractivity contribution in [2.24, 2.45) is 0 Å². The molecule has 0 radical (unpaired) electrons. The number of imidazole rings is 1. The minimum atomic E-state index is 0.694. The molecule has 0 amide bonds. The average molecular weight is 261 g/mol. The molecule has 0 saturated heterocycles. The highest BCUT2D eigenvalue weighted by atomic mass is 15.1. The summed E-state index contributed by atoms with van der Waals surface area (Å²) < 4.78 is 2.25. The van der Waals surface area contributed by atoms with Crippen molar-refractivity contribution in [2.75, 3.05) is 0 Å². The van der Waals surface area contributed by atoms with Gasteiger partial charge in [0, 0.05) is 13.0 Å². The zero-order valence-electron chi connectivity index (χ0n) is 11.4. The van der Waals surface area contributed by atoms with Crippen molar-refractivity contribution >= 4 is 11.0 Å². The summed E-state index contributed by atoms with van der Waals surface area (Å²) in [5.74, 6) is 1.09. The van der Waals surface area contributed by atoms with Crippen molar-refractivity contribution in [1.82, 2.24) is 9.55 Å². The van der Waals surface area contributed by atoms with E-state index in [1.54, 1.807) is 0 Å². The van der Waals surface area contributed by atoms with Gasteiger partial charge in [0.25, 0.3) is 0 Å². The first-order valence-corrected chi connectivity index (χ1v) is 6.75. The Balaban J connectivity index is 2.02. The number of aromatic nitrogens is 2. The highest BCUT2D eigenvalue weighted by Crippen LogP contribution is 2.18.